The minimum Gasteiger partial charge on any atom is -0.462 e. The molecule has 0 amide bonds. The number of esters is 2. The molecule has 2 unspecified atom stereocenters. The third kappa shape index (κ3) is 41.2. The molecule has 1 N–H and O–H groups in total. The molecule has 55 heavy (non-hydrogen) atoms. The maximum Gasteiger partial charge on any atom is 0.472 e. The Hall–Kier alpha value is -2.29. The van der Waals surface area contributed by atoms with Gasteiger partial charge in [0.15, 0.2) is 6.10 Å². The van der Waals surface area contributed by atoms with Crippen molar-refractivity contribution in [2.75, 3.05) is 47.5 Å². The summed E-state index contributed by atoms with van der Waals surface area (Å²) in [5.74, 6) is -0.839. The Morgan fingerprint density at radius 1 is 0.582 bits per heavy atom. The van der Waals surface area contributed by atoms with Gasteiger partial charge in [-0.3, -0.25) is 18.6 Å². The van der Waals surface area contributed by atoms with Crippen LogP contribution in [0.4, 0.5) is 0 Å². The lowest BCUT2D eigenvalue weighted by Crippen LogP contribution is -2.37. The summed E-state index contributed by atoms with van der Waals surface area (Å²) in [5, 5.41) is 0. The van der Waals surface area contributed by atoms with Gasteiger partial charge in [-0.05, 0) is 57.8 Å². The van der Waals surface area contributed by atoms with E-state index in [4.69, 9.17) is 18.5 Å². The smallest absolute Gasteiger partial charge is 0.462 e. The molecule has 0 aromatic heterocycles. The molecule has 9 nitrogen and oxygen atoms in total. The Morgan fingerprint density at radius 3 is 1.55 bits per heavy atom. The summed E-state index contributed by atoms with van der Waals surface area (Å²) in [6.07, 6.45) is 44.1. The van der Waals surface area contributed by atoms with Crippen LogP contribution in [0.15, 0.2) is 60.8 Å². The van der Waals surface area contributed by atoms with E-state index in [0.717, 1.165) is 70.6 Å². The number of phosphoric acid groups is 1. The highest BCUT2D eigenvalue weighted by Crippen LogP contribution is 2.43. The van der Waals surface area contributed by atoms with Gasteiger partial charge in [0.2, 0.25) is 0 Å². The van der Waals surface area contributed by atoms with Gasteiger partial charge in [0.1, 0.15) is 19.8 Å². The van der Waals surface area contributed by atoms with Gasteiger partial charge in [-0.15, -0.1) is 0 Å². The third-order valence-electron chi connectivity index (χ3n) is 8.81. The van der Waals surface area contributed by atoms with Gasteiger partial charge < -0.3 is 18.9 Å². The first-order valence-electron chi connectivity index (χ1n) is 21.5. The normalized spacial score (nSPS) is 14.2. The van der Waals surface area contributed by atoms with Crippen LogP contribution in [0.25, 0.3) is 0 Å². The molecule has 10 heteroatoms. The lowest BCUT2D eigenvalue weighted by atomic mass is 10.0. The number of hydrogen-bond donors (Lipinski definition) is 1. The van der Waals surface area contributed by atoms with Crippen LogP contribution in [0.1, 0.15) is 162 Å². The Balaban J connectivity index is 4.44. The average Bonchev–Trinajstić information content (AvgIpc) is 3.13. The summed E-state index contributed by atoms with van der Waals surface area (Å²) in [6.45, 7) is 4.25. The number of nitrogens with zero attached hydrogens (tertiary/aromatic N) is 1. The summed E-state index contributed by atoms with van der Waals surface area (Å²) in [6, 6.07) is 0. The summed E-state index contributed by atoms with van der Waals surface area (Å²) in [4.78, 5) is 35.3. The van der Waals surface area contributed by atoms with Crippen LogP contribution in [0, 0.1) is 0 Å². The van der Waals surface area contributed by atoms with Gasteiger partial charge in [-0.2, -0.15) is 0 Å². The second-order valence-corrected chi connectivity index (χ2v) is 16.8. The van der Waals surface area contributed by atoms with Crippen molar-refractivity contribution in [2.45, 2.75) is 168 Å². The SMILES string of the molecule is CC/C=C\C/C=C\C/C=C\C/C=C\C/C=C\CCCCCC(=O)OC(COC(=O)CCCCCCCCCCCCCC)COP(=O)(O)OCC[N+](C)(C)C. The van der Waals surface area contributed by atoms with Crippen molar-refractivity contribution < 1.29 is 42.1 Å². The predicted molar refractivity (Wildman–Crippen MR) is 229 cm³/mol. The van der Waals surface area contributed by atoms with Crippen LogP contribution in [0.3, 0.4) is 0 Å². The second kappa shape index (κ2) is 37.3. The topological polar surface area (TPSA) is 108 Å². The van der Waals surface area contributed by atoms with Crippen LogP contribution in [-0.2, 0) is 32.7 Å². The van der Waals surface area contributed by atoms with E-state index >= 15 is 0 Å². The monoisotopic (exact) mass is 795 g/mol. The van der Waals surface area contributed by atoms with Crippen molar-refractivity contribution in [1.82, 2.24) is 0 Å². The molecule has 0 bridgehead atoms. The minimum absolute atomic E-state index is 0.0232. The molecular formula is C45H81NO8P+. The number of quaternary nitrogens is 1. The molecule has 0 fully saturated rings. The van der Waals surface area contributed by atoms with Gasteiger partial charge >= 0.3 is 19.8 Å². The molecule has 0 aliphatic rings. The van der Waals surface area contributed by atoms with Crippen LogP contribution in [0.5, 0.6) is 0 Å². The zero-order valence-electron chi connectivity index (χ0n) is 35.6. The van der Waals surface area contributed by atoms with E-state index in [1.165, 1.54) is 57.8 Å². The summed E-state index contributed by atoms with van der Waals surface area (Å²) >= 11 is 0. The Labute approximate surface area is 336 Å². The van der Waals surface area contributed by atoms with Crippen molar-refractivity contribution in [2.24, 2.45) is 0 Å². The van der Waals surface area contributed by atoms with Crippen LogP contribution >= 0.6 is 7.82 Å². The van der Waals surface area contributed by atoms with E-state index in [0.29, 0.717) is 17.4 Å². The molecule has 318 valence electrons. The molecule has 0 aliphatic heterocycles. The van der Waals surface area contributed by atoms with E-state index in [1.807, 2.05) is 21.1 Å². The van der Waals surface area contributed by atoms with E-state index in [2.05, 4.69) is 74.6 Å². The van der Waals surface area contributed by atoms with E-state index < -0.39 is 26.5 Å². The predicted octanol–water partition coefficient (Wildman–Crippen LogP) is 12.1. The highest BCUT2D eigenvalue weighted by atomic mass is 31.2. The third-order valence-corrected chi connectivity index (χ3v) is 9.80. The van der Waals surface area contributed by atoms with Gasteiger partial charge in [-0.25, -0.2) is 4.57 Å². The number of hydrogen-bond acceptors (Lipinski definition) is 7. The van der Waals surface area contributed by atoms with Crippen LogP contribution in [-0.4, -0.2) is 74.9 Å². The zero-order valence-corrected chi connectivity index (χ0v) is 36.5. The molecule has 0 radical (unpaired) electrons. The quantitative estimate of drug-likeness (QED) is 0.0216. The number of rotatable bonds is 38. The Bertz CT molecular complexity index is 1120. The lowest BCUT2D eigenvalue weighted by molar-refractivity contribution is -0.870. The molecule has 0 aliphatic carbocycles. The Morgan fingerprint density at radius 2 is 1.04 bits per heavy atom. The summed E-state index contributed by atoms with van der Waals surface area (Å²) < 4.78 is 34.2. The van der Waals surface area contributed by atoms with Gasteiger partial charge in [-0.1, -0.05) is 152 Å². The second-order valence-electron chi connectivity index (χ2n) is 15.4. The minimum atomic E-state index is -4.38. The van der Waals surface area contributed by atoms with Crippen LogP contribution in [0.2, 0.25) is 0 Å². The first kappa shape index (κ1) is 52.7. The fraction of sp³-hybridized carbons (Fsp3) is 0.733. The van der Waals surface area contributed by atoms with Gasteiger partial charge in [0.05, 0.1) is 27.7 Å². The maximum absolute atomic E-state index is 12.7. The highest BCUT2D eigenvalue weighted by molar-refractivity contribution is 7.47. The van der Waals surface area contributed by atoms with E-state index in [9.17, 15) is 19.0 Å². The number of carbonyl (C=O) groups excluding carboxylic acids is 2. The number of likely N-dealkylation sites (N-methyl/N-ethyl adjacent to an activating group) is 1. The summed E-state index contributed by atoms with van der Waals surface area (Å²) in [5.41, 5.74) is 0. The first-order chi connectivity index (χ1) is 26.5. The average molecular weight is 795 g/mol. The molecular weight excluding hydrogens is 713 g/mol. The largest absolute Gasteiger partial charge is 0.472 e. The number of ether oxygens (including phenoxy) is 2. The number of carbonyl (C=O) groups is 2. The number of unbranched alkanes of at least 4 members (excludes halogenated alkanes) is 14. The molecule has 0 saturated heterocycles. The fourth-order valence-corrected chi connectivity index (χ4v) is 6.19. The van der Waals surface area contributed by atoms with Crippen molar-refractivity contribution in [3.63, 3.8) is 0 Å². The highest BCUT2D eigenvalue weighted by Gasteiger charge is 2.27. The molecule has 0 aromatic carbocycles. The molecule has 0 aromatic rings. The summed E-state index contributed by atoms with van der Waals surface area (Å²) in [7, 11) is 1.45. The van der Waals surface area contributed by atoms with Gasteiger partial charge in [0.25, 0.3) is 0 Å². The first-order valence-corrected chi connectivity index (χ1v) is 23.0. The number of allylic oxidation sites excluding steroid dienone is 10. The molecule has 0 spiro atoms. The molecule has 0 rings (SSSR count). The number of phosphoric ester groups is 1. The standard InChI is InChI=1S/C45H80NO8P/c1-6-8-10-12-14-16-18-20-21-22-23-24-25-26-28-30-32-34-36-38-45(48)54-43(42-53-55(49,50)52-40-39-46(3,4)5)41-51-44(47)37-35-33-31-29-27-19-17-15-13-11-9-7-2/h8,10,14,16,20-21,23-24,26,28,43H,6-7,9,11-13,15,17-19,22,25,27,29-42H2,1-5H3/p+1/b10-8-,16-14-,21-20-,24-23-,28-26-. The van der Waals surface area contributed by atoms with E-state index in [1.54, 1.807) is 0 Å². The van der Waals surface area contributed by atoms with Crippen molar-refractivity contribution in [3.8, 4) is 0 Å². The maximum atomic E-state index is 12.7. The molecule has 0 saturated carbocycles. The fourth-order valence-electron chi connectivity index (χ4n) is 5.45. The molecule has 0 heterocycles. The van der Waals surface area contributed by atoms with Crippen molar-refractivity contribution >= 4 is 19.8 Å². The van der Waals surface area contributed by atoms with E-state index in [-0.39, 0.29) is 32.0 Å². The zero-order chi connectivity index (χ0) is 40.7. The van der Waals surface area contributed by atoms with Crippen molar-refractivity contribution in [3.05, 3.63) is 60.8 Å². The molecule has 2 atom stereocenters. The van der Waals surface area contributed by atoms with Crippen molar-refractivity contribution in [1.29, 1.82) is 0 Å². The lowest BCUT2D eigenvalue weighted by Gasteiger charge is -2.24. The van der Waals surface area contributed by atoms with Crippen LogP contribution < -0.4 is 0 Å². The van der Waals surface area contributed by atoms with Gasteiger partial charge in [0, 0.05) is 12.8 Å². The Kier molecular flexibility index (Phi) is 35.7.